The summed E-state index contributed by atoms with van der Waals surface area (Å²) in [5.41, 5.74) is 2.90. The third-order valence-corrected chi connectivity index (χ3v) is 3.98. The zero-order valence-corrected chi connectivity index (χ0v) is 14.5. The first-order valence-electron chi connectivity index (χ1n) is 8.34. The van der Waals surface area contributed by atoms with Gasteiger partial charge in [0.2, 0.25) is 5.91 Å². The van der Waals surface area contributed by atoms with E-state index in [1.165, 1.54) is 6.08 Å². The maximum absolute atomic E-state index is 12.5. The van der Waals surface area contributed by atoms with Gasteiger partial charge in [0.15, 0.2) is 0 Å². The van der Waals surface area contributed by atoms with Gasteiger partial charge < -0.3 is 10.1 Å². The maximum atomic E-state index is 12.5. The Kier molecular flexibility index (Phi) is 5.78. The Bertz CT molecular complexity index is 837. The molecular formula is C22H20N2O2. The molecule has 1 amide bonds. The first-order valence-corrected chi connectivity index (χ1v) is 8.34. The standard InChI is InChI=1S/C22H20N2O2/c1-26-20-9-5-6-17(16-20)10-11-21(25)24-22(18-7-3-2-4-8-18)19-12-14-23-15-13-19/h2-16,22H,1H3,(H,24,25)/b11-10+. The maximum Gasteiger partial charge on any atom is 0.244 e. The van der Waals surface area contributed by atoms with E-state index in [9.17, 15) is 4.79 Å². The molecule has 0 fully saturated rings. The van der Waals surface area contributed by atoms with Crippen LogP contribution in [-0.2, 0) is 4.79 Å². The molecule has 0 bridgehead atoms. The summed E-state index contributed by atoms with van der Waals surface area (Å²) < 4.78 is 5.20. The van der Waals surface area contributed by atoms with E-state index in [1.54, 1.807) is 25.6 Å². The van der Waals surface area contributed by atoms with Gasteiger partial charge in [-0.05, 0) is 47.0 Å². The first-order chi connectivity index (χ1) is 12.8. The molecule has 0 saturated carbocycles. The molecule has 2 aromatic carbocycles. The predicted molar refractivity (Wildman–Crippen MR) is 103 cm³/mol. The van der Waals surface area contributed by atoms with Crippen LogP contribution in [0.25, 0.3) is 6.08 Å². The molecule has 1 N–H and O–H groups in total. The number of pyridine rings is 1. The van der Waals surface area contributed by atoms with Crippen LogP contribution in [0, 0.1) is 0 Å². The molecule has 0 aliphatic rings. The van der Waals surface area contributed by atoms with Gasteiger partial charge in [0.25, 0.3) is 0 Å². The van der Waals surface area contributed by atoms with Crippen molar-refractivity contribution >= 4 is 12.0 Å². The van der Waals surface area contributed by atoms with Crippen molar-refractivity contribution in [3.63, 3.8) is 0 Å². The molecule has 1 heterocycles. The molecule has 0 saturated heterocycles. The highest BCUT2D eigenvalue weighted by atomic mass is 16.5. The van der Waals surface area contributed by atoms with E-state index in [0.717, 1.165) is 22.4 Å². The normalized spacial score (nSPS) is 11.9. The molecule has 0 spiro atoms. The fourth-order valence-corrected chi connectivity index (χ4v) is 2.67. The molecule has 3 aromatic rings. The summed E-state index contributed by atoms with van der Waals surface area (Å²) in [6.45, 7) is 0. The van der Waals surface area contributed by atoms with Crippen molar-refractivity contribution in [2.24, 2.45) is 0 Å². The summed E-state index contributed by atoms with van der Waals surface area (Å²) in [6, 6.07) is 21.0. The second kappa shape index (κ2) is 8.62. The van der Waals surface area contributed by atoms with Gasteiger partial charge in [-0.3, -0.25) is 9.78 Å². The fraction of sp³-hybridized carbons (Fsp3) is 0.0909. The van der Waals surface area contributed by atoms with Crippen LogP contribution in [0.3, 0.4) is 0 Å². The smallest absolute Gasteiger partial charge is 0.244 e. The second-order valence-corrected chi connectivity index (χ2v) is 5.74. The third-order valence-electron chi connectivity index (χ3n) is 3.98. The monoisotopic (exact) mass is 344 g/mol. The number of methoxy groups -OCH3 is 1. The van der Waals surface area contributed by atoms with E-state index in [-0.39, 0.29) is 11.9 Å². The van der Waals surface area contributed by atoms with Gasteiger partial charge in [-0.25, -0.2) is 0 Å². The molecule has 26 heavy (non-hydrogen) atoms. The van der Waals surface area contributed by atoms with E-state index >= 15 is 0 Å². The zero-order valence-electron chi connectivity index (χ0n) is 14.5. The molecule has 130 valence electrons. The average Bonchev–Trinajstić information content (AvgIpc) is 2.72. The van der Waals surface area contributed by atoms with Crippen molar-refractivity contribution in [3.8, 4) is 5.75 Å². The van der Waals surface area contributed by atoms with Crippen molar-refractivity contribution in [2.45, 2.75) is 6.04 Å². The van der Waals surface area contributed by atoms with Crippen LogP contribution >= 0.6 is 0 Å². The van der Waals surface area contributed by atoms with Crippen molar-refractivity contribution in [3.05, 3.63) is 102 Å². The second-order valence-electron chi connectivity index (χ2n) is 5.74. The molecule has 3 rings (SSSR count). The molecule has 4 heteroatoms. The summed E-state index contributed by atoms with van der Waals surface area (Å²) >= 11 is 0. The highest BCUT2D eigenvalue weighted by Gasteiger charge is 2.15. The van der Waals surface area contributed by atoms with Crippen LogP contribution < -0.4 is 10.1 Å². The third kappa shape index (κ3) is 4.57. The Morgan fingerprint density at radius 2 is 1.73 bits per heavy atom. The number of carbonyl (C=O) groups is 1. The van der Waals surface area contributed by atoms with E-state index in [2.05, 4.69) is 10.3 Å². The Morgan fingerprint density at radius 1 is 1.00 bits per heavy atom. The van der Waals surface area contributed by atoms with E-state index < -0.39 is 0 Å². The Labute approximate surface area is 153 Å². The lowest BCUT2D eigenvalue weighted by Gasteiger charge is -2.18. The number of hydrogen-bond acceptors (Lipinski definition) is 3. The molecule has 1 aromatic heterocycles. The van der Waals surface area contributed by atoms with Crippen molar-refractivity contribution in [1.29, 1.82) is 0 Å². The van der Waals surface area contributed by atoms with Crippen LogP contribution in [0.4, 0.5) is 0 Å². The number of amides is 1. The largest absolute Gasteiger partial charge is 0.497 e. The number of carbonyl (C=O) groups excluding carboxylic acids is 1. The molecule has 1 atom stereocenters. The molecule has 4 nitrogen and oxygen atoms in total. The van der Waals surface area contributed by atoms with Crippen molar-refractivity contribution in [2.75, 3.05) is 7.11 Å². The summed E-state index contributed by atoms with van der Waals surface area (Å²) in [4.78, 5) is 16.5. The summed E-state index contributed by atoms with van der Waals surface area (Å²) in [5.74, 6) is 0.588. The lowest BCUT2D eigenvalue weighted by Crippen LogP contribution is -2.27. The average molecular weight is 344 g/mol. The highest BCUT2D eigenvalue weighted by molar-refractivity contribution is 5.92. The van der Waals surface area contributed by atoms with Gasteiger partial charge in [0.05, 0.1) is 13.2 Å². The molecule has 0 radical (unpaired) electrons. The zero-order chi connectivity index (χ0) is 18.2. The van der Waals surface area contributed by atoms with Crippen LogP contribution in [0.2, 0.25) is 0 Å². The summed E-state index contributed by atoms with van der Waals surface area (Å²) in [6.07, 6.45) is 6.76. The quantitative estimate of drug-likeness (QED) is 0.688. The number of hydrogen-bond donors (Lipinski definition) is 1. The topological polar surface area (TPSA) is 51.2 Å². The minimum atomic E-state index is -0.235. The molecule has 0 aliphatic heterocycles. The van der Waals surface area contributed by atoms with Gasteiger partial charge in [0.1, 0.15) is 5.75 Å². The predicted octanol–water partition coefficient (Wildman–Crippen LogP) is 4.01. The highest BCUT2D eigenvalue weighted by Crippen LogP contribution is 2.21. The van der Waals surface area contributed by atoms with Gasteiger partial charge in [-0.1, -0.05) is 42.5 Å². The molecule has 1 unspecified atom stereocenters. The number of nitrogens with zero attached hydrogens (tertiary/aromatic N) is 1. The minimum Gasteiger partial charge on any atom is -0.497 e. The molecular weight excluding hydrogens is 324 g/mol. The summed E-state index contributed by atoms with van der Waals surface area (Å²) in [7, 11) is 1.62. The van der Waals surface area contributed by atoms with Gasteiger partial charge in [0, 0.05) is 18.5 Å². The Morgan fingerprint density at radius 3 is 2.46 bits per heavy atom. The summed E-state index contributed by atoms with van der Waals surface area (Å²) in [5, 5.41) is 3.06. The Balaban J connectivity index is 1.78. The number of rotatable bonds is 6. The van der Waals surface area contributed by atoms with Gasteiger partial charge in [-0.15, -0.1) is 0 Å². The number of benzene rings is 2. The number of aromatic nitrogens is 1. The van der Waals surface area contributed by atoms with Gasteiger partial charge >= 0.3 is 0 Å². The number of nitrogens with one attached hydrogen (secondary N) is 1. The van der Waals surface area contributed by atoms with Crippen LogP contribution in [0.1, 0.15) is 22.7 Å². The SMILES string of the molecule is COc1cccc(/C=C/C(=O)NC(c2ccccc2)c2ccncc2)c1. The van der Waals surface area contributed by atoms with E-state index in [1.807, 2.05) is 66.7 Å². The van der Waals surface area contributed by atoms with Crippen LogP contribution in [0.15, 0.2) is 85.2 Å². The van der Waals surface area contributed by atoms with Crippen molar-refractivity contribution < 1.29 is 9.53 Å². The van der Waals surface area contributed by atoms with Crippen molar-refractivity contribution in [1.82, 2.24) is 10.3 Å². The van der Waals surface area contributed by atoms with E-state index in [0.29, 0.717) is 0 Å². The van der Waals surface area contributed by atoms with E-state index in [4.69, 9.17) is 4.74 Å². The Hall–Kier alpha value is -3.40. The van der Waals surface area contributed by atoms with Gasteiger partial charge in [-0.2, -0.15) is 0 Å². The lowest BCUT2D eigenvalue weighted by molar-refractivity contribution is -0.116. The number of ether oxygens (including phenoxy) is 1. The van der Waals surface area contributed by atoms with Crippen LogP contribution in [-0.4, -0.2) is 18.0 Å². The molecule has 0 aliphatic carbocycles. The first kappa shape index (κ1) is 17.4. The fourth-order valence-electron chi connectivity index (χ4n) is 2.67. The lowest BCUT2D eigenvalue weighted by atomic mass is 9.99. The van der Waals surface area contributed by atoms with Crippen LogP contribution in [0.5, 0.6) is 5.75 Å². The minimum absolute atomic E-state index is 0.168.